The number of rotatable bonds is 20. The van der Waals surface area contributed by atoms with Crippen molar-refractivity contribution in [2.24, 2.45) is 29.6 Å². The van der Waals surface area contributed by atoms with Gasteiger partial charge in [0.25, 0.3) is 0 Å². The zero-order valence-corrected chi connectivity index (χ0v) is 71.4. The molecular formula is C101H121N17O4. The maximum Gasteiger partial charge on any atom is 0.227 e. The van der Waals surface area contributed by atoms with Gasteiger partial charge in [-0.05, 0) is 237 Å². The topological polar surface area (TPSA) is 222 Å². The number of aromatic nitrogens is 9. The number of likely N-dealkylation sites (tertiary alicyclic amines) is 4. The van der Waals surface area contributed by atoms with Crippen molar-refractivity contribution in [2.45, 2.75) is 161 Å². The van der Waals surface area contributed by atoms with Gasteiger partial charge >= 0.3 is 0 Å². The number of hydrogen-bond acceptors (Lipinski definition) is 13. The number of benzene rings is 7. The van der Waals surface area contributed by atoms with Gasteiger partial charge in [0.2, 0.25) is 23.6 Å². The van der Waals surface area contributed by atoms with Gasteiger partial charge in [-0.1, -0.05) is 135 Å². The number of hydrogen-bond donors (Lipinski definition) is 4. The third-order valence-corrected chi connectivity index (χ3v) is 27.3. The maximum absolute atomic E-state index is 13.0. The Kier molecular flexibility index (Phi) is 26.8. The smallest absolute Gasteiger partial charge is 0.227 e. The van der Waals surface area contributed by atoms with E-state index >= 15 is 0 Å². The third kappa shape index (κ3) is 20.6. The molecule has 0 spiro atoms. The summed E-state index contributed by atoms with van der Waals surface area (Å²) in [6, 6.07) is 57.9. The van der Waals surface area contributed by atoms with Crippen LogP contribution in [0.2, 0.25) is 0 Å². The molecule has 21 nitrogen and oxygen atoms in total. The van der Waals surface area contributed by atoms with Gasteiger partial charge in [0, 0.05) is 174 Å². The van der Waals surface area contributed by atoms with Crippen LogP contribution < -0.4 is 19.6 Å². The molecule has 9 aliphatic rings. The van der Waals surface area contributed by atoms with Crippen LogP contribution in [0.4, 0.5) is 22.7 Å². The van der Waals surface area contributed by atoms with E-state index in [4.69, 9.17) is 0 Å². The fourth-order valence-electron chi connectivity index (χ4n) is 21.0. The highest BCUT2D eigenvalue weighted by Gasteiger charge is 2.38. The summed E-state index contributed by atoms with van der Waals surface area (Å²) >= 11 is 0. The third-order valence-electron chi connectivity index (χ3n) is 27.3. The Morgan fingerprint density at radius 2 is 0.713 bits per heavy atom. The number of carbonyl (C=O) groups is 4. The van der Waals surface area contributed by atoms with Crippen LogP contribution in [0.1, 0.15) is 143 Å². The molecule has 1 saturated carbocycles. The van der Waals surface area contributed by atoms with Crippen molar-refractivity contribution in [3.8, 4) is 44.6 Å². The van der Waals surface area contributed by atoms with E-state index < -0.39 is 0 Å². The van der Waals surface area contributed by atoms with E-state index in [1.807, 2.05) is 128 Å². The highest BCUT2D eigenvalue weighted by atomic mass is 16.2. The average Bonchev–Trinajstić information content (AvgIpc) is 1.33. The maximum atomic E-state index is 13.0. The van der Waals surface area contributed by atoms with E-state index in [1.54, 1.807) is 6.20 Å². The van der Waals surface area contributed by atoms with E-state index in [0.717, 1.165) is 194 Å². The lowest BCUT2D eigenvalue weighted by Gasteiger charge is -2.33. The molecule has 6 atom stereocenters. The Bertz CT molecular complexity index is 5050. The van der Waals surface area contributed by atoms with Crippen LogP contribution >= 0.6 is 0 Å². The molecule has 6 unspecified atom stereocenters. The first-order valence-electron chi connectivity index (χ1n) is 45.5. The van der Waals surface area contributed by atoms with E-state index in [0.29, 0.717) is 66.8 Å². The summed E-state index contributed by atoms with van der Waals surface area (Å²) in [6.07, 6.45) is 35.7. The Labute approximate surface area is 719 Å². The monoisotopic (exact) mass is 1640 g/mol. The van der Waals surface area contributed by atoms with Crippen molar-refractivity contribution >= 4 is 46.4 Å². The molecular weight excluding hydrogens is 1520 g/mol. The molecule has 5 fully saturated rings. The van der Waals surface area contributed by atoms with Gasteiger partial charge in [-0.2, -0.15) is 30.7 Å². The van der Waals surface area contributed by atoms with E-state index in [2.05, 4.69) is 172 Å². The molecule has 12 heterocycles. The second kappa shape index (κ2) is 39.5. The molecule has 122 heavy (non-hydrogen) atoms. The Hall–Kier alpha value is -11.6. The molecule has 4 saturated heterocycles. The quantitative estimate of drug-likeness (QED) is 0.0558. The molecule has 4 aromatic heterocycles. The van der Waals surface area contributed by atoms with Crippen molar-refractivity contribution in [1.82, 2.24) is 65.6 Å². The average molecular weight is 1640 g/mol. The molecule has 1 aliphatic carbocycles. The van der Waals surface area contributed by atoms with Crippen LogP contribution in [0.3, 0.4) is 0 Å². The van der Waals surface area contributed by atoms with Gasteiger partial charge in [0.05, 0.1) is 44.0 Å². The molecule has 11 aromatic rings. The van der Waals surface area contributed by atoms with E-state index in [1.165, 1.54) is 119 Å². The van der Waals surface area contributed by atoms with Crippen molar-refractivity contribution in [3.63, 3.8) is 0 Å². The van der Waals surface area contributed by atoms with Crippen LogP contribution in [0, 0.1) is 29.6 Å². The summed E-state index contributed by atoms with van der Waals surface area (Å²) in [5.41, 5.74) is 23.5. The van der Waals surface area contributed by atoms with Gasteiger partial charge in [0.1, 0.15) is 5.69 Å². The largest absolute Gasteiger partial charge is 0.371 e. The highest BCUT2D eigenvalue weighted by molar-refractivity contribution is 5.81. The summed E-state index contributed by atoms with van der Waals surface area (Å²) in [4.78, 5) is 69.9. The predicted molar refractivity (Wildman–Crippen MR) is 486 cm³/mol. The zero-order valence-electron chi connectivity index (χ0n) is 71.4. The first-order chi connectivity index (χ1) is 59.9. The molecule has 0 bridgehead atoms. The molecule has 634 valence electrons. The van der Waals surface area contributed by atoms with Gasteiger partial charge in [-0.25, -0.2) is 0 Å². The molecule has 0 radical (unpaired) electrons. The molecule has 21 heteroatoms. The lowest BCUT2D eigenvalue weighted by atomic mass is 9.86. The minimum Gasteiger partial charge on any atom is -0.371 e. The fourth-order valence-corrected chi connectivity index (χ4v) is 21.0. The van der Waals surface area contributed by atoms with Crippen LogP contribution in [0.5, 0.6) is 0 Å². The van der Waals surface area contributed by atoms with Gasteiger partial charge in [-0.15, -0.1) is 0 Å². The summed E-state index contributed by atoms with van der Waals surface area (Å²) in [7, 11) is 0. The van der Waals surface area contributed by atoms with Gasteiger partial charge in [0.15, 0.2) is 0 Å². The number of H-pyrrole nitrogens is 4. The summed E-state index contributed by atoms with van der Waals surface area (Å²) < 4.78 is 0. The molecule has 7 aromatic carbocycles. The summed E-state index contributed by atoms with van der Waals surface area (Å²) in [6.45, 7) is 18.3. The first kappa shape index (κ1) is 82.7. The number of carbonyl (C=O) groups excluding carboxylic acids is 4. The predicted octanol–water partition coefficient (Wildman–Crippen LogP) is 16.6. The Balaban J connectivity index is 0.000000116. The lowest BCUT2D eigenvalue weighted by Crippen LogP contribution is -2.37. The standard InChI is InChI=1S/C26H36N4O.C26H30N4O.C25H28N4O.C24H27N5O/c2*1-19-12-21(18-30(19)26(31)13-20-6-3-2-4-7-20)17-29-11-5-8-23-14-22(9-10-25(23)29)24-15-27-28-16-24;30-25(13-19-5-2-1-3-6-19)29-12-10-20(18-29)17-28-11-4-7-22-14-21(8-9-24(22)28)23-15-26-27-16-23;30-24(13-18-5-2-1-3-6-18)29-12-10-19(17-29)16-28-11-4-7-21-14-20(8-9-23(21)28)22-15-25-27-26-22/h9-10,14-16,19-21H,2-8,11-13,17-18H2,1H3,(H,27,28);2-4,6-7,9-10,14-16,19,21H,5,8,11-13,17-18H2,1H3,(H,27,28);1-3,5-6,8-9,14-16,20H,4,7,10-13,17-18H2,(H,26,27);1-3,5-6,8-9,14-15,19H,4,7,10-13,16-17H2,(H,25,26,27). The second-order valence-corrected chi connectivity index (χ2v) is 36.1. The van der Waals surface area contributed by atoms with Crippen molar-refractivity contribution in [3.05, 3.63) is 246 Å². The van der Waals surface area contributed by atoms with E-state index in [-0.39, 0.29) is 17.7 Å². The molecule has 20 rings (SSSR count). The minimum absolute atomic E-state index is 0.250. The SMILES string of the molecule is CC1CC(CN2CCCc3cc(-c4cn[nH]c4)ccc32)CN1C(=O)CC1CCCCC1.CC1CC(CN2CCCc3cc(-c4cn[nH]c4)ccc32)CN1C(=O)Cc1ccccc1.O=C(Cc1ccccc1)N1CCC(CN2CCCc3cc(-c4cn[nH]c4)ccc32)C1.O=C(Cc1ccccc1)N1CCC(CN2CCCc3cc(-c4cn[nH]n4)ccc32)C1. The van der Waals surface area contributed by atoms with Crippen LogP contribution in [-0.4, -0.2) is 193 Å². The molecule has 8 aliphatic heterocycles. The van der Waals surface area contributed by atoms with Gasteiger partial charge < -0.3 is 39.2 Å². The normalized spacial score (nSPS) is 20.5. The van der Waals surface area contributed by atoms with Gasteiger partial charge in [-0.3, -0.25) is 34.5 Å². The lowest BCUT2D eigenvalue weighted by molar-refractivity contribution is -0.133. The highest BCUT2D eigenvalue weighted by Crippen LogP contribution is 2.40. The zero-order chi connectivity index (χ0) is 83.1. The number of nitrogens with zero attached hydrogens (tertiary/aromatic N) is 13. The molecule has 4 amide bonds. The first-order valence-corrected chi connectivity index (χ1v) is 45.5. The van der Waals surface area contributed by atoms with Crippen molar-refractivity contribution < 1.29 is 19.2 Å². The number of anilines is 4. The second-order valence-electron chi connectivity index (χ2n) is 36.1. The molecule has 4 N–H and O–H groups in total. The number of nitrogens with one attached hydrogen (secondary N) is 4. The Morgan fingerprint density at radius 3 is 1.09 bits per heavy atom. The van der Waals surface area contributed by atoms with Crippen molar-refractivity contribution in [1.29, 1.82) is 0 Å². The number of fused-ring (bicyclic) bond motifs is 4. The number of amides is 4. The number of aryl methyl sites for hydroxylation is 4. The van der Waals surface area contributed by atoms with Crippen LogP contribution in [0.15, 0.2) is 207 Å². The minimum atomic E-state index is 0.250. The van der Waals surface area contributed by atoms with E-state index in [9.17, 15) is 19.2 Å². The number of aromatic amines is 4. The van der Waals surface area contributed by atoms with Crippen LogP contribution in [-0.2, 0) is 64.1 Å². The fraction of sp³-hybridized carbons (Fsp3) is 0.436. The van der Waals surface area contributed by atoms with Crippen LogP contribution in [0.25, 0.3) is 44.6 Å². The summed E-state index contributed by atoms with van der Waals surface area (Å²) in [5.74, 6) is 3.98. The summed E-state index contributed by atoms with van der Waals surface area (Å²) in [5, 5.41) is 31.8. The Morgan fingerprint density at radius 1 is 0.344 bits per heavy atom. The van der Waals surface area contributed by atoms with Crippen molar-refractivity contribution in [2.75, 3.05) is 111 Å².